The second-order valence-corrected chi connectivity index (χ2v) is 5.60. The first-order valence-corrected chi connectivity index (χ1v) is 7.59. The lowest BCUT2D eigenvalue weighted by Gasteiger charge is -2.28. The van der Waals surface area contributed by atoms with Crippen LogP contribution in [0.25, 0.3) is 0 Å². The van der Waals surface area contributed by atoms with E-state index in [2.05, 4.69) is 10.2 Å². The van der Waals surface area contributed by atoms with E-state index < -0.39 is 0 Å². The third-order valence-corrected chi connectivity index (χ3v) is 3.73. The van der Waals surface area contributed by atoms with Crippen LogP contribution in [0.3, 0.4) is 0 Å². The van der Waals surface area contributed by atoms with E-state index in [-0.39, 0.29) is 12.5 Å². The molecular formula is C18H20N2O3. The largest absolute Gasteiger partial charge is 0.490 e. The van der Waals surface area contributed by atoms with Gasteiger partial charge in [0.15, 0.2) is 6.61 Å². The Morgan fingerprint density at radius 2 is 2.04 bits per heavy atom. The molecule has 1 amide bonds. The molecule has 23 heavy (non-hydrogen) atoms. The highest BCUT2D eigenvalue weighted by Gasteiger charge is 2.15. The number of likely N-dealkylation sites (N-methyl/N-ethyl adjacent to an activating group) is 1. The van der Waals surface area contributed by atoms with Gasteiger partial charge in [0.1, 0.15) is 18.1 Å². The Morgan fingerprint density at radius 1 is 1.26 bits per heavy atom. The van der Waals surface area contributed by atoms with E-state index in [4.69, 9.17) is 9.47 Å². The first-order valence-electron chi connectivity index (χ1n) is 7.59. The maximum Gasteiger partial charge on any atom is 0.262 e. The van der Waals surface area contributed by atoms with Gasteiger partial charge in [0, 0.05) is 12.7 Å². The summed E-state index contributed by atoms with van der Waals surface area (Å²) >= 11 is 0. The Hall–Kier alpha value is -2.69. The highest BCUT2D eigenvalue weighted by Crippen LogP contribution is 2.33. The van der Waals surface area contributed by atoms with Crippen LogP contribution in [0.5, 0.6) is 11.5 Å². The quantitative estimate of drug-likeness (QED) is 0.943. The molecule has 0 bridgehead atoms. The van der Waals surface area contributed by atoms with Gasteiger partial charge in [-0.2, -0.15) is 0 Å². The molecule has 0 radical (unpaired) electrons. The predicted octanol–water partition coefficient (Wildman–Crippen LogP) is 2.84. The molecule has 0 saturated heterocycles. The smallest absolute Gasteiger partial charge is 0.262 e. The molecule has 1 N–H and O–H groups in total. The van der Waals surface area contributed by atoms with Crippen LogP contribution in [0.4, 0.5) is 11.4 Å². The monoisotopic (exact) mass is 312 g/mol. The fourth-order valence-corrected chi connectivity index (χ4v) is 2.41. The van der Waals surface area contributed by atoms with Gasteiger partial charge < -0.3 is 19.7 Å². The van der Waals surface area contributed by atoms with E-state index in [0.717, 1.165) is 29.2 Å². The third kappa shape index (κ3) is 3.74. The summed E-state index contributed by atoms with van der Waals surface area (Å²) in [6.45, 7) is 3.50. The molecule has 5 heteroatoms. The molecule has 0 atom stereocenters. The summed E-state index contributed by atoms with van der Waals surface area (Å²) < 4.78 is 11.1. The number of anilines is 2. The number of nitrogens with zero attached hydrogens (tertiary/aromatic N) is 1. The van der Waals surface area contributed by atoms with Crippen molar-refractivity contribution >= 4 is 17.3 Å². The fourth-order valence-electron chi connectivity index (χ4n) is 2.41. The number of fused-ring (bicyclic) bond motifs is 1. The lowest BCUT2D eigenvalue weighted by atomic mass is 10.2. The van der Waals surface area contributed by atoms with Crippen molar-refractivity contribution in [2.45, 2.75) is 6.92 Å². The minimum absolute atomic E-state index is 0.0213. The number of hydrogen-bond acceptors (Lipinski definition) is 4. The normalized spacial score (nSPS) is 13.0. The molecule has 3 rings (SSSR count). The van der Waals surface area contributed by atoms with Crippen LogP contribution in [0.15, 0.2) is 42.5 Å². The second-order valence-electron chi connectivity index (χ2n) is 5.60. The summed E-state index contributed by atoms with van der Waals surface area (Å²) in [6.07, 6.45) is 0. The second kappa shape index (κ2) is 6.60. The molecule has 1 aliphatic rings. The van der Waals surface area contributed by atoms with Crippen molar-refractivity contribution in [3.63, 3.8) is 0 Å². The summed E-state index contributed by atoms with van der Waals surface area (Å²) in [4.78, 5) is 14.1. The Balaban J connectivity index is 1.59. The molecule has 120 valence electrons. The number of rotatable bonds is 4. The fraction of sp³-hybridized carbons (Fsp3) is 0.278. The molecule has 1 aliphatic heterocycles. The third-order valence-electron chi connectivity index (χ3n) is 3.73. The summed E-state index contributed by atoms with van der Waals surface area (Å²) in [6, 6.07) is 13.2. The van der Waals surface area contributed by atoms with Crippen molar-refractivity contribution in [1.82, 2.24) is 0 Å². The molecule has 0 unspecified atom stereocenters. The Labute approximate surface area is 135 Å². The summed E-state index contributed by atoms with van der Waals surface area (Å²) in [5, 5.41) is 2.85. The van der Waals surface area contributed by atoms with E-state index in [1.807, 2.05) is 56.4 Å². The summed E-state index contributed by atoms with van der Waals surface area (Å²) in [7, 11) is 2.01. The van der Waals surface area contributed by atoms with Crippen LogP contribution >= 0.6 is 0 Å². The van der Waals surface area contributed by atoms with Crippen molar-refractivity contribution in [3.8, 4) is 11.5 Å². The zero-order valence-corrected chi connectivity index (χ0v) is 13.3. The lowest BCUT2D eigenvalue weighted by Crippen LogP contribution is -2.29. The van der Waals surface area contributed by atoms with E-state index >= 15 is 0 Å². The number of aryl methyl sites for hydroxylation is 1. The van der Waals surface area contributed by atoms with Gasteiger partial charge in [-0.15, -0.1) is 0 Å². The van der Waals surface area contributed by atoms with Crippen molar-refractivity contribution in [1.29, 1.82) is 0 Å². The number of carbonyl (C=O) groups is 1. The van der Waals surface area contributed by atoms with Crippen LogP contribution in [0, 0.1) is 6.92 Å². The first-order chi connectivity index (χ1) is 11.1. The van der Waals surface area contributed by atoms with Gasteiger partial charge in [0.25, 0.3) is 5.91 Å². The standard InChI is InChI=1S/C18H20N2O3/c1-13-3-6-15(7-4-13)23-12-18(21)19-14-5-8-17-16(11-14)20(2)9-10-22-17/h3-8,11H,9-10,12H2,1-2H3,(H,19,21). The molecule has 2 aromatic carbocycles. The van der Waals surface area contributed by atoms with E-state index in [1.165, 1.54) is 0 Å². The van der Waals surface area contributed by atoms with Crippen LogP contribution < -0.4 is 19.7 Å². The first kappa shape index (κ1) is 15.2. The Morgan fingerprint density at radius 3 is 2.83 bits per heavy atom. The molecule has 5 nitrogen and oxygen atoms in total. The SMILES string of the molecule is Cc1ccc(OCC(=O)Nc2ccc3c(c2)N(C)CCO3)cc1. The van der Waals surface area contributed by atoms with Gasteiger partial charge in [-0.25, -0.2) is 0 Å². The van der Waals surface area contributed by atoms with Gasteiger partial charge >= 0.3 is 0 Å². The molecule has 0 aromatic heterocycles. The van der Waals surface area contributed by atoms with Crippen LogP contribution in [0.1, 0.15) is 5.56 Å². The van der Waals surface area contributed by atoms with E-state index in [9.17, 15) is 4.79 Å². The minimum atomic E-state index is -0.190. The summed E-state index contributed by atoms with van der Waals surface area (Å²) in [5.41, 5.74) is 2.87. The number of ether oxygens (including phenoxy) is 2. The van der Waals surface area contributed by atoms with E-state index in [1.54, 1.807) is 0 Å². The van der Waals surface area contributed by atoms with Crippen molar-refractivity contribution < 1.29 is 14.3 Å². The number of hydrogen-bond donors (Lipinski definition) is 1. The van der Waals surface area contributed by atoms with Crippen molar-refractivity contribution in [3.05, 3.63) is 48.0 Å². The van der Waals surface area contributed by atoms with Gasteiger partial charge in [-0.1, -0.05) is 17.7 Å². The number of carbonyl (C=O) groups excluding carboxylic acids is 1. The minimum Gasteiger partial charge on any atom is -0.490 e. The van der Waals surface area contributed by atoms with Gasteiger partial charge in [-0.3, -0.25) is 4.79 Å². The lowest BCUT2D eigenvalue weighted by molar-refractivity contribution is -0.118. The Kier molecular flexibility index (Phi) is 4.37. The van der Waals surface area contributed by atoms with Crippen LogP contribution in [0.2, 0.25) is 0 Å². The molecule has 0 fully saturated rings. The molecule has 0 aliphatic carbocycles. The predicted molar refractivity (Wildman–Crippen MR) is 90.5 cm³/mol. The highest BCUT2D eigenvalue weighted by molar-refractivity contribution is 5.92. The van der Waals surface area contributed by atoms with Crippen molar-refractivity contribution in [2.75, 3.05) is 37.0 Å². The maximum absolute atomic E-state index is 12.0. The molecule has 0 spiro atoms. The van der Waals surface area contributed by atoms with Crippen LogP contribution in [-0.2, 0) is 4.79 Å². The topological polar surface area (TPSA) is 50.8 Å². The van der Waals surface area contributed by atoms with E-state index in [0.29, 0.717) is 12.4 Å². The molecule has 0 saturated carbocycles. The number of nitrogens with one attached hydrogen (secondary N) is 1. The van der Waals surface area contributed by atoms with Gasteiger partial charge in [0.2, 0.25) is 0 Å². The zero-order chi connectivity index (χ0) is 16.2. The van der Waals surface area contributed by atoms with Gasteiger partial charge in [-0.05, 0) is 37.3 Å². The van der Waals surface area contributed by atoms with Gasteiger partial charge in [0.05, 0.1) is 12.2 Å². The molecular weight excluding hydrogens is 292 g/mol. The average molecular weight is 312 g/mol. The van der Waals surface area contributed by atoms with Crippen molar-refractivity contribution in [2.24, 2.45) is 0 Å². The number of amides is 1. The van der Waals surface area contributed by atoms with Crippen LogP contribution in [-0.4, -0.2) is 32.7 Å². The zero-order valence-electron chi connectivity index (χ0n) is 13.3. The highest BCUT2D eigenvalue weighted by atomic mass is 16.5. The molecule has 1 heterocycles. The Bertz CT molecular complexity index is 698. The maximum atomic E-state index is 12.0. The molecule has 2 aromatic rings. The average Bonchev–Trinajstić information content (AvgIpc) is 2.55. The number of benzene rings is 2. The summed E-state index contributed by atoms with van der Waals surface area (Å²) in [5.74, 6) is 1.34.